The Balaban J connectivity index is 1.44. The lowest BCUT2D eigenvalue weighted by atomic mass is 10.0. The van der Waals surface area contributed by atoms with Gasteiger partial charge in [-0.2, -0.15) is 9.30 Å². The molecule has 3 aromatic rings. The normalized spacial score (nSPS) is 19.3. The Morgan fingerprint density at radius 3 is 2.49 bits per heavy atom. The molecule has 0 spiro atoms. The summed E-state index contributed by atoms with van der Waals surface area (Å²) >= 11 is 1.41. The zero-order valence-corrected chi connectivity index (χ0v) is 21.5. The van der Waals surface area contributed by atoms with Crippen molar-refractivity contribution in [3.8, 4) is 11.5 Å². The molecule has 1 unspecified atom stereocenters. The van der Waals surface area contributed by atoms with Gasteiger partial charge < -0.3 is 14.0 Å². The molecule has 3 heterocycles. The second-order valence-corrected chi connectivity index (χ2v) is 11.6. The van der Waals surface area contributed by atoms with Crippen LogP contribution in [0, 0.1) is 0 Å². The lowest BCUT2D eigenvalue weighted by Crippen LogP contribution is -2.43. The molecule has 2 aliphatic heterocycles. The molecule has 1 fully saturated rings. The Labute approximate surface area is 208 Å². The molecule has 10 heteroatoms. The van der Waals surface area contributed by atoms with Gasteiger partial charge in [0.2, 0.25) is 10.0 Å². The van der Waals surface area contributed by atoms with Crippen LogP contribution in [0.15, 0.2) is 46.3 Å². The molecule has 0 radical (unpaired) electrons. The number of carbonyl (C=O) groups excluding carboxylic acids is 1. The zero-order chi connectivity index (χ0) is 24.6. The number of fused-ring (bicyclic) bond motifs is 2. The fourth-order valence-corrected chi connectivity index (χ4v) is 7.62. The summed E-state index contributed by atoms with van der Waals surface area (Å²) in [6, 6.07) is 10.0. The van der Waals surface area contributed by atoms with Crippen molar-refractivity contribution in [2.24, 2.45) is 4.99 Å². The van der Waals surface area contributed by atoms with Gasteiger partial charge in [0.05, 0.1) is 15.1 Å². The van der Waals surface area contributed by atoms with Crippen LogP contribution in [0.4, 0.5) is 0 Å². The Hall–Kier alpha value is -2.69. The van der Waals surface area contributed by atoms with E-state index in [9.17, 15) is 13.2 Å². The van der Waals surface area contributed by atoms with Crippen molar-refractivity contribution < 1.29 is 22.7 Å². The van der Waals surface area contributed by atoms with Crippen molar-refractivity contribution >= 4 is 37.5 Å². The van der Waals surface area contributed by atoms with Crippen molar-refractivity contribution in [3.63, 3.8) is 0 Å². The summed E-state index contributed by atoms with van der Waals surface area (Å²) in [5.41, 5.74) is 1.28. The number of aromatic nitrogens is 1. The molecule has 35 heavy (non-hydrogen) atoms. The molecule has 2 aliphatic rings. The van der Waals surface area contributed by atoms with Gasteiger partial charge in [-0.3, -0.25) is 4.79 Å². The number of benzene rings is 2. The summed E-state index contributed by atoms with van der Waals surface area (Å²) in [5, 5.41) is 0. The average molecular weight is 516 g/mol. The lowest BCUT2D eigenvalue weighted by molar-refractivity contribution is 0.0997. The van der Waals surface area contributed by atoms with Crippen molar-refractivity contribution in [1.29, 1.82) is 0 Å². The van der Waals surface area contributed by atoms with Crippen LogP contribution in [0.1, 0.15) is 49.9 Å². The number of amides is 1. The summed E-state index contributed by atoms with van der Waals surface area (Å²) in [7, 11) is -3.60. The van der Waals surface area contributed by atoms with Crippen LogP contribution in [0.2, 0.25) is 0 Å². The molecule has 1 amide bonds. The Morgan fingerprint density at radius 1 is 1.09 bits per heavy atom. The van der Waals surface area contributed by atoms with Crippen LogP contribution in [0.25, 0.3) is 10.2 Å². The van der Waals surface area contributed by atoms with Gasteiger partial charge in [-0.05, 0) is 50.5 Å². The van der Waals surface area contributed by atoms with E-state index in [1.807, 2.05) is 30.5 Å². The predicted octanol–water partition coefficient (Wildman–Crippen LogP) is 4.19. The first-order valence-corrected chi connectivity index (χ1v) is 14.3. The predicted molar refractivity (Wildman–Crippen MR) is 135 cm³/mol. The van der Waals surface area contributed by atoms with Gasteiger partial charge >= 0.3 is 0 Å². The summed E-state index contributed by atoms with van der Waals surface area (Å²) in [4.78, 5) is 18.2. The second kappa shape index (κ2) is 9.75. The van der Waals surface area contributed by atoms with E-state index in [-0.39, 0.29) is 10.9 Å². The van der Waals surface area contributed by atoms with Crippen LogP contribution >= 0.6 is 11.3 Å². The molecule has 0 N–H and O–H groups in total. The van der Waals surface area contributed by atoms with E-state index >= 15 is 0 Å². The molecular weight excluding hydrogens is 486 g/mol. The van der Waals surface area contributed by atoms with Gasteiger partial charge in [0.1, 0.15) is 13.2 Å². The van der Waals surface area contributed by atoms with Gasteiger partial charge in [-0.1, -0.05) is 24.7 Å². The number of sulfonamides is 1. The minimum absolute atomic E-state index is 0.0315. The number of nitrogens with zero attached hydrogens (tertiary/aromatic N) is 3. The van der Waals surface area contributed by atoms with E-state index in [0.29, 0.717) is 48.2 Å². The molecule has 5 rings (SSSR count). The standard InChI is InChI=1S/C25H29N3O5S2/c1-3-18-7-5-6-12-28(18)35(30,31)19-10-8-17(9-11-19)24(29)26-25-27(4-2)20-15-21-22(16-23(20)34-25)33-14-13-32-21/h8-11,15-16,18H,3-7,12-14H2,1-2H3. The quantitative estimate of drug-likeness (QED) is 0.508. The number of aryl methyl sites for hydroxylation is 1. The number of ether oxygens (including phenoxy) is 2. The molecule has 0 saturated carbocycles. The maximum absolute atomic E-state index is 13.2. The molecule has 0 aliphatic carbocycles. The van der Waals surface area contributed by atoms with Gasteiger partial charge in [0, 0.05) is 36.8 Å². The van der Waals surface area contributed by atoms with Crippen LogP contribution < -0.4 is 14.3 Å². The molecule has 1 atom stereocenters. The third-order valence-corrected chi connectivity index (χ3v) is 9.62. The van der Waals surface area contributed by atoms with E-state index in [4.69, 9.17) is 9.47 Å². The van der Waals surface area contributed by atoms with Crippen LogP contribution in [0.5, 0.6) is 11.5 Å². The highest BCUT2D eigenvalue weighted by Crippen LogP contribution is 2.35. The third-order valence-electron chi connectivity index (χ3n) is 6.61. The highest BCUT2D eigenvalue weighted by Gasteiger charge is 2.32. The molecular formula is C25H29N3O5S2. The molecule has 8 nitrogen and oxygen atoms in total. The highest BCUT2D eigenvalue weighted by molar-refractivity contribution is 7.89. The van der Waals surface area contributed by atoms with Crippen LogP contribution in [-0.4, -0.2) is 49.0 Å². The monoisotopic (exact) mass is 515 g/mol. The number of hydrogen-bond donors (Lipinski definition) is 0. The Morgan fingerprint density at radius 2 is 1.80 bits per heavy atom. The first kappa shape index (κ1) is 24.0. The first-order chi connectivity index (χ1) is 16.9. The fourth-order valence-electron chi connectivity index (χ4n) is 4.75. The topological polar surface area (TPSA) is 90.2 Å². The average Bonchev–Trinajstić information content (AvgIpc) is 3.22. The summed E-state index contributed by atoms with van der Waals surface area (Å²) < 4.78 is 42.4. The van der Waals surface area contributed by atoms with Gasteiger partial charge in [0.25, 0.3) is 5.91 Å². The number of rotatable bonds is 5. The molecule has 2 aromatic carbocycles. The number of piperidine rings is 1. The van der Waals surface area contributed by atoms with Crippen molar-refractivity contribution in [1.82, 2.24) is 8.87 Å². The SMILES string of the molecule is CCC1CCCCN1S(=O)(=O)c1ccc(C(=O)N=c2sc3cc4c(cc3n2CC)OCCO4)cc1. The van der Waals surface area contributed by atoms with E-state index < -0.39 is 15.9 Å². The van der Waals surface area contributed by atoms with Crippen LogP contribution in [-0.2, 0) is 16.6 Å². The second-order valence-electron chi connectivity index (χ2n) is 8.71. The molecule has 0 bridgehead atoms. The van der Waals surface area contributed by atoms with Crippen molar-refractivity contribution in [2.75, 3.05) is 19.8 Å². The number of thiazole rings is 1. The minimum Gasteiger partial charge on any atom is -0.486 e. The third kappa shape index (κ3) is 4.50. The summed E-state index contributed by atoms with van der Waals surface area (Å²) in [6.45, 7) is 6.21. The maximum Gasteiger partial charge on any atom is 0.279 e. The highest BCUT2D eigenvalue weighted by atomic mass is 32.2. The van der Waals surface area contributed by atoms with Crippen LogP contribution in [0.3, 0.4) is 0 Å². The minimum atomic E-state index is -3.60. The van der Waals surface area contributed by atoms with Gasteiger partial charge in [-0.15, -0.1) is 0 Å². The molecule has 186 valence electrons. The van der Waals surface area contributed by atoms with E-state index in [2.05, 4.69) is 4.99 Å². The smallest absolute Gasteiger partial charge is 0.279 e. The lowest BCUT2D eigenvalue weighted by Gasteiger charge is -2.34. The Kier molecular flexibility index (Phi) is 6.69. The Bertz CT molecular complexity index is 1420. The fraction of sp³-hybridized carbons (Fsp3) is 0.440. The maximum atomic E-state index is 13.2. The van der Waals surface area contributed by atoms with Gasteiger partial charge in [-0.25, -0.2) is 8.42 Å². The number of carbonyl (C=O) groups is 1. The zero-order valence-electron chi connectivity index (χ0n) is 19.9. The van der Waals surface area contributed by atoms with E-state index in [0.717, 1.165) is 35.9 Å². The largest absolute Gasteiger partial charge is 0.486 e. The van der Waals surface area contributed by atoms with Crippen molar-refractivity contribution in [3.05, 3.63) is 46.8 Å². The first-order valence-electron chi connectivity index (χ1n) is 12.1. The van der Waals surface area contributed by atoms with Crippen molar-refractivity contribution in [2.45, 2.75) is 57.0 Å². The molecule has 1 aromatic heterocycles. The number of hydrogen-bond acceptors (Lipinski definition) is 6. The molecule has 1 saturated heterocycles. The summed E-state index contributed by atoms with van der Waals surface area (Å²) in [6.07, 6.45) is 3.61. The van der Waals surface area contributed by atoms with E-state index in [1.54, 1.807) is 16.4 Å². The van der Waals surface area contributed by atoms with E-state index in [1.165, 1.54) is 23.5 Å². The van der Waals surface area contributed by atoms with Gasteiger partial charge in [0.15, 0.2) is 16.3 Å². The summed E-state index contributed by atoms with van der Waals surface area (Å²) in [5.74, 6) is 0.976.